The van der Waals surface area contributed by atoms with Crippen molar-refractivity contribution >= 4 is 56.7 Å². The van der Waals surface area contributed by atoms with Crippen LogP contribution in [-0.2, 0) is 19.0 Å². The minimum absolute atomic E-state index is 0.190. The standard InChI is InChI=1S/C26H30N4O8S2/c1-7-35-21(32)18-13-27-24(39-18)29-20(31)16-10-9-11-17(12-16)38-26(5,37-15(3)4)23(34)30(6)25-28-14-19(40-25)22(33)36-8-2/h9-15H,7-8H2,1-6H3,(H,27,29,31). The average Bonchev–Trinajstić information content (AvgIpc) is 3.58. The van der Waals surface area contributed by atoms with Crippen LogP contribution >= 0.6 is 22.7 Å². The topological polar surface area (TPSA) is 146 Å². The summed E-state index contributed by atoms with van der Waals surface area (Å²) in [6.45, 7) is 8.79. The van der Waals surface area contributed by atoms with Crippen LogP contribution in [0.4, 0.5) is 10.3 Å². The Hall–Kier alpha value is -3.88. The van der Waals surface area contributed by atoms with E-state index in [-0.39, 0.29) is 44.5 Å². The molecule has 0 saturated heterocycles. The Morgan fingerprint density at radius 1 is 1.00 bits per heavy atom. The van der Waals surface area contributed by atoms with Gasteiger partial charge in [0.05, 0.1) is 31.7 Å². The molecule has 12 nitrogen and oxygen atoms in total. The summed E-state index contributed by atoms with van der Waals surface area (Å²) in [5, 5.41) is 3.10. The molecule has 0 bridgehead atoms. The zero-order valence-electron chi connectivity index (χ0n) is 22.9. The Morgan fingerprint density at radius 2 is 1.62 bits per heavy atom. The lowest BCUT2D eigenvalue weighted by Crippen LogP contribution is -2.53. The summed E-state index contributed by atoms with van der Waals surface area (Å²) in [6.07, 6.45) is 2.26. The second kappa shape index (κ2) is 13.5. The number of rotatable bonds is 12. The Bertz CT molecular complexity index is 1370. The van der Waals surface area contributed by atoms with E-state index >= 15 is 0 Å². The number of carbonyl (C=O) groups is 4. The van der Waals surface area contributed by atoms with E-state index in [0.717, 1.165) is 22.7 Å². The monoisotopic (exact) mass is 590 g/mol. The summed E-state index contributed by atoms with van der Waals surface area (Å²) in [5.74, 6) is -3.76. The first-order valence-electron chi connectivity index (χ1n) is 12.3. The van der Waals surface area contributed by atoms with Gasteiger partial charge in [0.1, 0.15) is 15.5 Å². The average molecular weight is 591 g/mol. The van der Waals surface area contributed by atoms with Crippen molar-refractivity contribution in [2.75, 3.05) is 30.5 Å². The van der Waals surface area contributed by atoms with E-state index < -0.39 is 35.6 Å². The van der Waals surface area contributed by atoms with Gasteiger partial charge < -0.3 is 18.9 Å². The molecule has 0 aliphatic rings. The quantitative estimate of drug-likeness (QED) is 0.238. The second-order valence-electron chi connectivity index (χ2n) is 8.54. The fourth-order valence-corrected chi connectivity index (χ4v) is 4.87. The van der Waals surface area contributed by atoms with Crippen molar-refractivity contribution in [1.29, 1.82) is 0 Å². The SMILES string of the molecule is CCOC(=O)c1cnc(NC(=O)c2cccc(OC(C)(OC(C)C)C(=O)N(C)c3ncc(C(=O)OCC)s3)c2)s1. The highest BCUT2D eigenvalue weighted by molar-refractivity contribution is 7.17. The van der Waals surface area contributed by atoms with E-state index in [9.17, 15) is 19.2 Å². The Kier molecular flexibility index (Phi) is 10.3. The molecule has 1 atom stereocenters. The van der Waals surface area contributed by atoms with Gasteiger partial charge in [-0.3, -0.25) is 19.8 Å². The molecule has 40 heavy (non-hydrogen) atoms. The number of anilines is 2. The van der Waals surface area contributed by atoms with Crippen molar-refractivity contribution in [2.24, 2.45) is 0 Å². The van der Waals surface area contributed by atoms with E-state index in [2.05, 4.69) is 15.3 Å². The van der Waals surface area contributed by atoms with Crippen LogP contribution in [0.15, 0.2) is 36.7 Å². The first kappa shape index (κ1) is 30.7. The van der Waals surface area contributed by atoms with Crippen LogP contribution in [0.3, 0.4) is 0 Å². The third-order valence-electron chi connectivity index (χ3n) is 5.02. The van der Waals surface area contributed by atoms with Gasteiger partial charge in [-0.15, -0.1) is 0 Å². The van der Waals surface area contributed by atoms with E-state index in [4.69, 9.17) is 18.9 Å². The molecule has 1 aromatic carbocycles. The molecule has 1 N–H and O–H groups in total. The smallest absolute Gasteiger partial charge is 0.350 e. The predicted octanol–water partition coefficient (Wildman–Crippen LogP) is 4.39. The minimum atomic E-state index is -1.81. The third-order valence-corrected chi connectivity index (χ3v) is 6.97. The lowest BCUT2D eigenvalue weighted by atomic mass is 10.2. The van der Waals surface area contributed by atoms with Crippen LogP contribution in [0.1, 0.15) is 64.3 Å². The van der Waals surface area contributed by atoms with Gasteiger partial charge in [0, 0.05) is 19.5 Å². The number of carbonyl (C=O) groups excluding carboxylic acids is 4. The van der Waals surface area contributed by atoms with Crippen LogP contribution in [0, 0.1) is 0 Å². The molecule has 0 fully saturated rings. The van der Waals surface area contributed by atoms with Crippen molar-refractivity contribution in [1.82, 2.24) is 9.97 Å². The van der Waals surface area contributed by atoms with Gasteiger partial charge in [-0.2, -0.15) is 0 Å². The Morgan fingerprint density at radius 3 is 2.25 bits per heavy atom. The molecule has 3 aromatic rings. The highest BCUT2D eigenvalue weighted by atomic mass is 32.1. The molecule has 1 unspecified atom stereocenters. The summed E-state index contributed by atoms with van der Waals surface area (Å²) in [4.78, 5) is 60.3. The normalized spacial score (nSPS) is 12.4. The zero-order chi connectivity index (χ0) is 29.4. The largest absolute Gasteiger partial charge is 0.462 e. The van der Waals surface area contributed by atoms with Crippen molar-refractivity contribution in [3.63, 3.8) is 0 Å². The van der Waals surface area contributed by atoms with Crippen LogP contribution in [-0.4, -0.2) is 65.9 Å². The van der Waals surface area contributed by atoms with Crippen LogP contribution in [0.25, 0.3) is 0 Å². The van der Waals surface area contributed by atoms with Gasteiger partial charge >= 0.3 is 17.8 Å². The summed E-state index contributed by atoms with van der Waals surface area (Å²) in [6, 6.07) is 6.18. The molecule has 0 aliphatic heterocycles. The molecule has 0 saturated carbocycles. The van der Waals surface area contributed by atoms with Crippen molar-refractivity contribution in [3.05, 3.63) is 52.0 Å². The molecule has 0 aliphatic carbocycles. The highest BCUT2D eigenvalue weighted by Crippen LogP contribution is 2.29. The first-order chi connectivity index (χ1) is 19.0. The molecule has 3 rings (SSSR count). The fourth-order valence-electron chi connectivity index (χ4n) is 3.40. The van der Waals surface area contributed by atoms with Gasteiger partial charge in [-0.1, -0.05) is 28.7 Å². The number of amides is 2. The lowest BCUT2D eigenvalue weighted by Gasteiger charge is -2.33. The highest BCUT2D eigenvalue weighted by Gasteiger charge is 2.42. The minimum Gasteiger partial charge on any atom is -0.462 e. The van der Waals surface area contributed by atoms with Crippen LogP contribution in [0.5, 0.6) is 5.75 Å². The summed E-state index contributed by atoms with van der Waals surface area (Å²) < 4.78 is 21.9. The molecule has 2 heterocycles. The summed E-state index contributed by atoms with van der Waals surface area (Å²) in [7, 11) is 1.49. The number of hydrogen-bond donors (Lipinski definition) is 1. The predicted molar refractivity (Wildman–Crippen MR) is 149 cm³/mol. The van der Waals surface area contributed by atoms with E-state index in [1.165, 1.54) is 37.3 Å². The van der Waals surface area contributed by atoms with Crippen molar-refractivity contribution < 1.29 is 38.1 Å². The van der Waals surface area contributed by atoms with Crippen molar-refractivity contribution in [3.8, 4) is 5.75 Å². The Balaban J connectivity index is 1.78. The second-order valence-corrected chi connectivity index (χ2v) is 10.6. The summed E-state index contributed by atoms with van der Waals surface area (Å²) >= 11 is 1.98. The number of likely N-dealkylation sites (N-methyl/N-ethyl adjacent to an activating group) is 1. The number of nitrogens with zero attached hydrogens (tertiary/aromatic N) is 3. The van der Waals surface area contributed by atoms with E-state index in [0.29, 0.717) is 0 Å². The molecule has 2 aromatic heterocycles. The maximum absolute atomic E-state index is 13.6. The Labute approximate surface area is 239 Å². The van der Waals surface area contributed by atoms with Gasteiger partial charge in [0.15, 0.2) is 10.3 Å². The van der Waals surface area contributed by atoms with Gasteiger partial charge in [-0.25, -0.2) is 19.6 Å². The molecule has 2 amide bonds. The molecule has 0 spiro atoms. The summed E-state index contributed by atoms with van der Waals surface area (Å²) in [5.41, 5.74) is 0.220. The number of esters is 2. The maximum Gasteiger partial charge on any atom is 0.350 e. The van der Waals surface area contributed by atoms with Crippen LogP contribution in [0.2, 0.25) is 0 Å². The maximum atomic E-state index is 13.6. The number of aromatic nitrogens is 2. The van der Waals surface area contributed by atoms with E-state index in [1.807, 2.05) is 0 Å². The number of benzene rings is 1. The molecular formula is C26H30N4O8S2. The van der Waals surface area contributed by atoms with E-state index in [1.54, 1.807) is 45.9 Å². The van der Waals surface area contributed by atoms with Gasteiger partial charge in [-0.05, 0) is 45.9 Å². The third kappa shape index (κ3) is 7.61. The molecule has 14 heteroatoms. The number of hydrogen-bond acceptors (Lipinski definition) is 12. The molecular weight excluding hydrogens is 560 g/mol. The van der Waals surface area contributed by atoms with Gasteiger partial charge in [0.25, 0.3) is 11.7 Å². The molecule has 214 valence electrons. The van der Waals surface area contributed by atoms with Crippen LogP contribution < -0.4 is 15.0 Å². The first-order valence-corrected chi connectivity index (χ1v) is 13.9. The number of thiazole rings is 2. The number of ether oxygens (including phenoxy) is 4. The zero-order valence-corrected chi connectivity index (χ0v) is 24.5. The number of nitrogens with one attached hydrogen (secondary N) is 1. The fraction of sp³-hybridized carbons (Fsp3) is 0.385. The molecule has 0 radical (unpaired) electrons. The lowest BCUT2D eigenvalue weighted by molar-refractivity contribution is -0.197. The van der Waals surface area contributed by atoms with Crippen molar-refractivity contribution in [2.45, 2.75) is 46.5 Å². The van der Waals surface area contributed by atoms with Gasteiger partial charge in [0.2, 0.25) is 0 Å².